The minimum absolute atomic E-state index is 0.0567. The number of rotatable bonds is 7. The highest BCUT2D eigenvalue weighted by atomic mass is 35.5. The molecule has 0 atom stereocenters. The Balaban J connectivity index is 2.19. The number of halogens is 1. The Morgan fingerprint density at radius 3 is 2.54 bits per heavy atom. The van der Waals surface area contributed by atoms with Gasteiger partial charge in [0.15, 0.2) is 0 Å². The van der Waals surface area contributed by atoms with E-state index in [4.69, 9.17) is 16.3 Å². The summed E-state index contributed by atoms with van der Waals surface area (Å²) in [6, 6.07) is 10.0. The van der Waals surface area contributed by atoms with E-state index in [1.54, 1.807) is 24.3 Å². The van der Waals surface area contributed by atoms with E-state index >= 15 is 0 Å². The Kier molecular flexibility index (Phi) is 6.65. The zero-order chi connectivity index (χ0) is 19.1. The van der Waals surface area contributed by atoms with Crippen LogP contribution in [0.5, 0.6) is 0 Å². The monoisotopic (exact) mass is 377 g/mol. The molecular formula is C17H16ClN3O5. The number of ether oxygens (including phenoxy) is 1. The number of carbonyl (C=O) groups excluding carboxylic acids is 2. The largest absolute Gasteiger partial charge is 0.383 e. The summed E-state index contributed by atoms with van der Waals surface area (Å²) < 4.78 is 4.87. The third-order valence-electron chi connectivity index (χ3n) is 3.42. The first kappa shape index (κ1) is 19.4. The van der Waals surface area contributed by atoms with Crippen molar-refractivity contribution in [2.45, 2.75) is 0 Å². The van der Waals surface area contributed by atoms with E-state index in [0.29, 0.717) is 18.8 Å². The standard InChI is InChI=1S/C17H16ClN3O5/c1-26-9-8-19-16(22)13-4-2-3-5-15(13)20-17(23)12-7-6-11(21(24)25)10-14(12)18/h2-7,10H,8-9H2,1H3,(H,19,22)(H,20,23). The number of nitro groups is 1. The van der Waals surface area contributed by atoms with Gasteiger partial charge in [-0.15, -0.1) is 0 Å². The Hall–Kier alpha value is -2.97. The van der Waals surface area contributed by atoms with Crippen molar-refractivity contribution in [3.05, 3.63) is 68.7 Å². The van der Waals surface area contributed by atoms with Crippen LogP contribution in [0.4, 0.5) is 11.4 Å². The molecule has 2 aromatic carbocycles. The van der Waals surface area contributed by atoms with E-state index in [1.165, 1.54) is 19.2 Å². The molecule has 2 aromatic rings. The maximum absolute atomic E-state index is 12.4. The third-order valence-corrected chi connectivity index (χ3v) is 3.73. The number of nitrogens with one attached hydrogen (secondary N) is 2. The molecule has 0 spiro atoms. The lowest BCUT2D eigenvalue weighted by molar-refractivity contribution is -0.384. The number of para-hydroxylation sites is 1. The fourth-order valence-electron chi connectivity index (χ4n) is 2.14. The van der Waals surface area contributed by atoms with Gasteiger partial charge in [-0.2, -0.15) is 0 Å². The highest BCUT2D eigenvalue weighted by Crippen LogP contribution is 2.24. The van der Waals surface area contributed by atoms with Crippen LogP contribution in [0.3, 0.4) is 0 Å². The molecule has 8 nitrogen and oxygen atoms in total. The zero-order valence-electron chi connectivity index (χ0n) is 13.8. The third kappa shape index (κ3) is 4.78. The topological polar surface area (TPSA) is 111 Å². The lowest BCUT2D eigenvalue weighted by atomic mass is 10.1. The average Bonchev–Trinajstić information content (AvgIpc) is 2.62. The van der Waals surface area contributed by atoms with Gasteiger partial charge in [0.25, 0.3) is 17.5 Å². The highest BCUT2D eigenvalue weighted by molar-refractivity contribution is 6.34. The summed E-state index contributed by atoms with van der Waals surface area (Å²) >= 11 is 5.96. The molecule has 9 heteroatoms. The quantitative estimate of drug-likeness (QED) is 0.438. The molecule has 0 bridgehead atoms. The van der Waals surface area contributed by atoms with Gasteiger partial charge < -0.3 is 15.4 Å². The van der Waals surface area contributed by atoms with Crippen molar-refractivity contribution in [1.29, 1.82) is 0 Å². The molecule has 0 aliphatic heterocycles. The second-order valence-corrected chi connectivity index (χ2v) is 5.58. The maximum Gasteiger partial charge on any atom is 0.270 e. The Bertz CT molecular complexity index is 841. The van der Waals surface area contributed by atoms with Gasteiger partial charge in [-0.1, -0.05) is 23.7 Å². The second kappa shape index (κ2) is 8.93. The number of carbonyl (C=O) groups is 2. The van der Waals surface area contributed by atoms with E-state index < -0.39 is 10.8 Å². The lowest BCUT2D eigenvalue weighted by Crippen LogP contribution is -2.28. The molecule has 0 aromatic heterocycles. The summed E-state index contributed by atoms with van der Waals surface area (Å²) in [5, 5.41) is 16.0. The number of amides is 2. The van der Waals surface area contributed by atoms with Crippen molar-refractivity contribution in [1.82, 2.24) is 5.32 Å². The molecule has 0 saturated heterocycles. The molecular weight excluding hydrogens is 362 g/mol. The molecule has 26 heavy (non-hydrogen) atoms. The summed E-state index contributed by atoms with van der Waals surface area (Å²) in [7, 11) is 1.52. The minimum Gasteiger partial charge on any atom is -0.383 e. The summed E-state index contributed by atoms with van der Waals surface area (Å²) in [5.74, 6) is -0.949. The first-order valence-corrected chi connectivity index (χ1v) is 7.93. The van der Waals surface area contributed by atoms with Gasteiger partial charge in [-0.05, 0) is 18.2 Å². The van der Waals surface area contributed by atoms with Crippen LogP contribution < -0.4 is 10.6 Å². The molecule has 0 unspecified atom stereocenters. The second-order valence-electron chi connectivity index (χ2n) is 5.17. The predicted molar refractivity (Wildman–Crippen MR) is 96.7 cm³/mol. The average molecular weight is 378 g/mol. The molecule has 2 rings (SSSR count). The summed E-state index contributed by atoms with van der Waals surface area (Å²) in [5.41, 5.74) is 0.410. The Morgan fingerprint density at radius 2 is 1.88 bits per heavy atom. The number of hydrogen-bond donors (Lipinski definition) is 2. The molecule has 0 heterocycles. The van der Waals surface area contributed by atoms with Crippen LogP contribution in [-0.4, -0.2) is 37.0 Å². The van der Waals surface area contributed by atoms with Crippen LogP contribution in [-0.2, 0) is 4.74 Å². The van der Waals surface area contributed by atoms with Crippen molar-refractivity contribution in [2.24, 2.45) is 0 Å². The summed E-state index contributed by atoms with van der Waals surface area (Å²) in [6.07, 6.45) is 0. The lowest BCUT2D eigenvalue weighted by Gasteiger charge is -2.12. The van der Waals surface area contributed by atoms with Crippen molar-refractivity contribution >= 4 is 34.8 Å². The molecule has 0 aliphatic rings. The first-order valence-electron chi connectivity index (χ1n) is 7.55. The molecule has 0 fully saturated rings. The maximum atomic E-state index is 12.4. The van der Waals surface area contributed by atoms with Gasteiger partial charge >= 0.3 is 0 Å². The fraction of sp³-hybridized carbons (Fsp3) is 0.176. The molecule has 0 aliphatic carbocycles. The number of non-ortho nitro benzene ring substituents is 1. The van der Waals surface area contributed by atoms with E-state index in [0.717, 1.165) is 6.07 Å². The van der Waals surface area contributed by atoms with Gasteiger partial charge in [-0.25, -0.2) is 0 Å². The molecule has 0 saturated carbocycles. The van der Waals surface area contributed by atoms with E-state index in [2.05, 4.69) is 10.6 Å². The highest BCUT2D eigenvalue weighted by Gasteiger charge is 2.17. The van der Waals surface area contributed by atoms with E-state index in [1.807, 2.05) is 0 Å². The van der Waals surface area contributed by atoms with Crippen LogP contribution in [0.2, 0.25) is 5.02 Å². The number of nitrogens with zero attached hydrogens (tertiary/aromatic N) is 1. The van der Waals surface area contributed by atoms with Gasteiger partial charge in [0, 0.05) is 25.8 Å². The van der Waals surface area contributed by atoms with Crippen molar-refractivity contribution in [3.8, 4) is 0 Å². The number of anilines is 1. The SMILES string of the molecule is COCCNC(=O)c1ccccc1NC(=O)c1ccc([N+](=O)[O-])cc1Cl. The minimum atomic E-state index is -0.604. The van der Waals surface area contributed by atoms with Gasteiger partial charge in [0.05, 0.1) is 33.4 Å². The number of hydrogen-bond acceptors (Lipinski definition) is 5. The Labute approximate surface area is 154 Å². The summed E-state index contributed by atoms with van der Waals surface area (Å²) in [4.78, 5) is 34.8. The van der Waals surface area contributed by atoms with Gasteiger partial charge in [0.1, 0.15) is 0 Å². The van der Waals surface area contributed by atoms with E-state index in [9.17, 15) is 19.7 Å². The Morgan fingerprint density at radius 1 is 1.15 bits per heavy atom. The van der Waals surface area contributed by atoms with Crippen molar-refractivity contribution in [3.63, 3.8) is 0 Å². The molecule has 0 radical (unpaired) electrons. The molecule has 136 valence electrons. The van der Waals surface area contributed by atoms with Gasteiger partial charge in [-0.3, -0.25) is 19.7 Å². The van der Waals surface area contributed by atoms with Gasteiger partial charge in [0.2, 0.25) is 0 Å². The first-order chi connectivity index (χ1) is 12.4. The number of benzene rings is 2. The van der Waals surface area contributed by atoms with Crippen LogP contribution in [0.25, 0.3) is 0 Å². The summed E-state index contributed by atoms with van der Waals surface area (Å²) in [6.45, 7) is 0.685. The fourth-order valence-corrected chi connectivity index (χ4v) is 2.40. The zero-order valence-corrected chi connectivity index (χ0v) is 14.6. The van der Waals surface area contributed by atoms with Crippen molar-refractivity contribution in [2.75, 3.05) is 25.6 Å². The molecule has 2 N–H and O–H groups in total. The van der Waals surface area contributed by atoms with Crippen molar-refractivity contribution < 1.29 is 19.2 Å². The predicted octanol–water partition coefficient (Wildman–Crippen LogP) is 2.88. The van der Waals surface area contributed by atoms with Crippen LogP contribution >= 0.6 is 11.6 Å². The van der Waals surface area contributed by atoms with Crippen LogP contribution in [0.15, 0.2) is 42.5 Å². The molecule has 2 amide bonds. The number of methoxy groups -OCH3 is 1. The van der Waals surface area contributed by atoms with E-state index in [-0.39, 0.29) is 27.7 Å². The smallest absolute Gasteiger partial charge is 0.270 e. The number of nitro benzene ring substituents is 1. The van der Waals surface area contributed by atoms with Crippen LogP contribution in [0, 0.1) is 10.1 Å². The normalized spacial score (nSPS) is 10.2. The van der Waals surface area contributed by atoms with Crippen LogP contribution in [0.1, 0.15) is 20.7 Å².